The Hall–Kier alpha value is -5.81. The van der Waals surface area contributed by atoms with E-state index in [0.29, 0.717) is 47.1 Å². The van der Waals surface area contributed by atoms with Gasteiger partial charge in [-0.15, -0.1) is 11.3 Å². The highest BCUT2D eigenvalue weighted by molar-refractivity contribution is 7.98. The molecule has 0 saturated carbocycles. The summed E-state index contributed by atoms with van der Waals surface area (Å²) in [5.74, 6) is -2.52. The molecule has 3 heterocycles. The zero-order valence-corrected chi connectivity index (χ0v) is 31.9. The number of nitrogens with one attached hydrogen (secondary N) is 4. The molecule has 5 amide bonds. The molecule has 2 aliphatic rings. The van der Waals surface area contributed by atoms with E-state index >= 15 is 0 Å². The number of anilines is 1. The zero-order chi connectivity index (χ0) is 39.8. The number of hydrogen-bond donors (Lipinski definition) is 8. The van der Waals surface area contributed by atoms with Crippen LogP contribution in [0, 0.1) is 0 Å². The largest absolute Gasteiger partial charge is 0.508 e. The van der Waals surface area contributed by atoms with Crippen LogP contribution < -0.4 is 27.0 Å². The molecule has 0 unspecified atom stereocenters. The van der Waals surface area contributed by atoms with Crippen molar-refractivity contribution in [1.29, 1.82) is 0 Å². The monoisotopic (exact) mass is 801 g/mol. The van der Waals surface area contributed by atoms with Crippen molar-refractivity contribution in [3.63, 3.8) is 0 Å². The van der Waals surface area contributed by atoms with Crippen LogP contribution in [0.3, 0.4) is 0 Å². The number of rotatable bonds is 7. The molecule has 6 rings (SSSR count). The highest BCUT2D eigenvalue weighted by Crippen LogP contribution is 2.26. The van der Waals surface area contributed by atoms with Gasteiger partial charge in [-0.1, -0.05) is 36.4 Å². The number of nitrogens with two attached hydrogens (primary N) is 1. The molecule has 0 aliphatic carbocycles. The minimum atomic E-state index is -1.24. The first-order chi connectivity index (χ1) is 26.9. The van der Waals surface area contributed by atoms with Gasteiger partial charge in [0.15, 0.2) is 5.13 Å². The number of hydrogen-bond acceptors (Lipinski definition) is 12. The topological polar surface area (TPSA) is 236 Å². The lowest BCUT2D eigenvalue weighted by Crippen LogP contribution is -2.59. The van der Waals surface area contributed by atoms with Gasteiger partial charge >= 0.3 is 0 Å². The quantitative estimate of drug-likeness (QED) is 0.135. The molecule has 1 saturated heterocycles. The van der Waals surface area contributed by atoms with Crippen LogP contribution in [-0.4, -0.2) is 97.2 Å². The van der Waals surface area contributed by atoms with Gasteiger partial charge in [0.1, 0.15) is 47.5 Å². The Morgan fingerprint density at radius 3 is 1.75 bits per heavy atom. The van der Waals surface area contributed by atoms with E-state index in [9.17, 15) is 39.3 Å². The number of carbonyl (C=O) groups excluding carboxylic acids is 5. The molecule has 294 valence electrons. The van der Waals surface area contributed by atoms with Crippen molar-refractivity contribution in [3.05, 3.63) is 101 Å². The molecule has 15 nitrogen and oxygen atoms in total. The third kappa shape index (κ3) is 10.5. The number of thiazole rings is 1. The number of benzene rings is 3. The van der Waals surface area contributed by atoms with Gasteiger partial charge in [0.25, 0.3) is 0 Å². The van der Waals surface area contributed by atoms with Crippen LogP contribution >= 0.6 is 23.1 Å². The van der Waals surface area contributed by atoms with Crippen molar-refractivity contribution >= 4 is 57.8 Å². The number of thioether (sulfide) groups is 1. The fourth-order valence-electron chi connectivity index (χ4n) is 6.60. The van der Waals surface area contributed by atoms with Gasteiger partial charge in [-0.3, -0.25) is 24.0 Å². The highest BCUT2D eigenvalue weighted by atomic mass is 32.2. The molecule has 9 N–H and O–H groups in total. The second-order valence-electron chi connectivity index (χ2n) is 13.7. The smallest absolute Gasteiger partial charge is 0.246 e. The van der Waals surface area contributed by atoms with Crippen molar-refractivity contribution in [2.75, 3.05) is 17.6 Å². The van der Waals surface area contributed by atoms with Gasteiger partial charge in [-0.05, 0) is 65.9 Å². The van der Waals surface area contributed by atoms with Crippen molar-refractivity contribution in [1.82, 2.24) is 25.8 Å². The van der Waals surface area contributed by atoms with Gasteiger partial charge in [0, 0.05) is 42.7 Å². The molecule has 0 radical (unpaired) electrons. The van der Waals surface area contributed by atoms with E-state index in [-0.39, 0.29) is 48.2 Å². The first kappa shape index (κ1) is 39.9. The maximum atomic E-state index is 14.4. The standard InChI is InChI=1S/C39H43N7O8S2/c40-34(50)32-21-55-19-25-20-56-39(41-25)45-31(18-24-7-13-28(49)14-8-24)38(54)46-15-1-2-33(46)37(53)43-30(17-23-5-11-27(48)12-6-23)35(51)42-29(36(52)44-32)16-22-3-9-26(47)10-4-22/h3-14,20,29-33,47-49H,1-2,15-19,21H2,(H2,40,50)(H,41,45)(H,42,51)(H,43,53)(H,44,52)/t29-,30-,31-,32-,33-/m0/s1. The molecular weight excluding hydrogens is 759 g/mol. The van der Waals surface area contributed by atoms with Crippen LogP contribution in [0.2, 0.25) is 0 Å². The summed E-state index contributed by atoms with van der Waals surface area (Å²) in [5, 5.41) is 43.4. The molecule has 17 heteroatoms. The van der Waals surface area contributed by atoms with E-state index in [1.165, 1.54) is 64.4 Å². The molecule has 1 aromatic heterocycles. The van der Waals surface area contributed by atoms with Crippen molar-refractivity contribution in [2.24, 2.45) is 5.73 Å². The number of phenolic OH excluding ortho intramolecular Hbond substituents is 3. The molecule has 0 spiro atoms. The Bertz CT molecular complexity index is 2030. The molecule has 1 fully saturated rings. The van der Waals surface area contributed by atoms with Gasteiger partial charge in [-0.2, -0.15) is 11.8 Å². The fraction of sp³-hybridized carbons (Fsp3) is 0.333. The summed E-state index contributed by atoms with van der Waals surface area (Å²) < 4.78 is 0. The molecule has 5 atom stereocenters. The van der Waals surface area contributed by atoms with Crippen LogP contribution in [0.25, 0.3) is 0 Å². The highest BCUT2D eigenvalue weighted by Gasteiger charge is 2.39. The molecule has 3 aromatic carbocycles. The second-order valence-corrected chi connectivity index (χ2v) is 15.6. The predicted molar refractivity (Wildman–Crippen MR) is 211 cm³/mol. The molecule has 2 aliphatic heterocycles. The summed E-state index contributed by atoms with van der Waals surface area (Å²) in [7, 11) is 0. The lowest BCUT2D eigenvalue weighted by Gasteiger charge is -2.30. The van der Waals surface area contributed by atoms with Gasteiger partial charge in [-0.25, -0.2) is 4.98 Å². The summed E-state index contributed by atoms with van der Waals surface area (Å²) in [6, 6.07) is 13.4. The number of fused-ring (bicyclic) bond motifs is 3. The Kier molecular flexibility index (Phi) is 13.0. The summed E-state index contributed by atoms with van der Waals surface area (Å²) >= 11 is 2.61. The third-order valence-electron chi connectivity index (χ3n) is 9.57. The normalized spacial score (nSPS) is 22.6. The average Bonchev–Trinajstić information content (AvgIpc) is 3.85. The van der Waals surface area contributed by atoms with Crippen molar-refractivity contribution in [3.8, 4) is 17.2 Å². The third-order valence-corrected chi connectivity index (χ3v) is 11.5. The number of primary amides is 1. The fourth-order valence-corrected chi connectivity index (χ4v) is 8.43. The predicted octanol–water partition coefficient (Wildman–Crippen LogP) is 1.95. The zero-order valence-electron chi connectivity index (χ0n) is 30.2. The summed E-state index contributed by atoms with van der Waals surface area (Å²) in [6.07, 6.45) is 1.05. The van der Waals surface area contributed by atoms with Crippen LogP contribution in [0.15, 0.2) is 78.2 Å². The number of nitrogens with zero attached hydrogens (tertiary/aromatic N) is 2. The van der Waals surface area contributed by atoms with Gasteiger partial charge in [0.2, 0.25) is 29.5 Å². The number of aromatic hydroxyl groups is 3. The molecular formula is C39H43N7O8S2. The van der Waals surface area contributed by atoms with Crippen molar-refractivity contribution in [2.45, 2.75) is 68.1 Å². The number of amides is 5. The molecule has 56 heavy (non-hydrogen) atoms. The molecule has 4 aromatic rings. The number of phenols is 3. The van der Waals surface area contributed by atoms with E-state index in [4.69, 9.17) is 5.73 Å². The minimum Gasteiger partial charge on any atom is -0.508 e. The summed E-state index contributed by atoms with van der Waals surface area (Å²) in [6.45, 7) is 0.301. The maximum absolute atomic E-state index is 14.4. The Labute approximate surface area is 331 Å². The SMILES string of the molecule is NC(=O)[C@@H]1CSCc2csc(n2)N[C@@H](Cc2ccc(O)cc2)C(=O)N2CCC[C@H]2C(=O)N[C@@H](Cc2ccc(O)cc2)C(=O)N[C@@H](Cc2ccc(O)cc2)C(=O)N1. The lowest BCUT2D eigenvalue weighted by atomic mass is 10.0. The first-order valence-electron chi connectivity index (χ1n) is 18.0. The number of aromatic nitrogens is 1. The van der Waals surface area contributed by atoms with Crippen LogP contribution in [-0.2, 0) is 49.0 Å². The average molecular weight is 802 g/mol. The maximum Gasteiger partial charge on any atom is 0.246 e. The lowest BCUT2D eigenvalue weighted by molar-refractivity contribution is -0.140. The van der Waals surface area contributed by atoms with E-state index in [0.717, 1.165) is 5.56 Å². The van der Waals surface area contributed by atoms with Gasteiger partial charge in [0.05, 0.1) is 5.69 Å². The van der Waals surface area contributed by atoms with Crippen LogP contribution in [0.4, 0.5) is 5.13 Å². The van der Waals surface area contributed by atoms with E-state index in [1.807, 2.05) is 5.38 Å². The Balaban J connectivity index is 1.34. The van der Waals surface area contributed by atoms with Crippen LogP contribution in [0.1, 0.15) is 35.2 Å². The van der Waals surface area contributed by atoms with E-state index in [2.05, 4.69) is 26.3 Å². The Morgan fingerprint density at radius 2 is 1.21 bits per heavy atom. The summed E-state index contributed by atoms with van der Waals surface area (Å²) in [5.41, 5.74) is 8.35. The van der Waals surface area contributed by atoms with Crippen molar-refractivity contribution < 1.29 is 39.3 Å². The Morgan fingerprint density at radius 1 is 0.714 bits per heavy atom. The molecule has 2 bridgehead atoms. The van der Waals surface area contributed by atoms with Gasteiger partial charge < -0.3 is 47.2 Å². The van der Waals surface area contributed by atoms with Crippen LogP contribution in [0.5, 0.6) is 17.2 Å². The minimum absolute atomic E-state index is 0.00932. The summed E-state index contributed by atoms with van der Waals surface area (Å²) in [4.78, 5) is 75.4. The van der Waals surface area contributed by atoms with E-state index < -0.39 is 53.8 Å². The second kappa shape index (κ2) is 18.2. The van der Waals surface area contributed by atoms with E-state index in [1.54, 1.807) is 36.4 Å². The number of carbonyl (C=O) groups is 5. The first-order valence-corrected chi connectivity index (χ1v) is 20.1.